The molecule has 0 spiro atoms. The van der Waals surface area contributed by atoms with Crippen LogP contribution in [0.2, 0.25) is 5.02 Å². The van der Waals surface area contributed by atoms with Gasteiger partial charge in [0.2, 0.25) is 0 Å². The van der Waals surface area contributed by atoms with Crippen molar-refractivity contribution in [3.8, 4) is 16.8 Å². The first-order valence-electron chi connectivity index (χ1n) is 10.1. The van der Waals surface area contributed by atoms with Crippen molar-refractivity contribution in [1.82, 2.24) is 4.57 Å². The van der Waals surface area contributed by atoms with Gasteiger partial charge in [-0.25, -0.2) is 0 Å². The van der Waals surface area contributed by atoms with E-state index in [0.717, 1.165) is 21.8 Å². The minimum absolute atomic E-state index is 0.760. The Morgan fingerprint density at radius 3 is 2.07 bits per heavy atom. The summed E-state index contributed by atoms with van der Waals surface area (Å²) in [4.78, 5) is 0. The highest BCUT2D eigenvalue weighted by Gasteiger charge is 2.14. The first kappa shape index (κ1) is 17.3. The molecule has 2 heteroatoms. The molecule has 0 atom stereocenters. The van der Waals surface area contributed by atoms with Gasteiger partial charge in [-0.05, 0) is 52.7 Å². The van der Waals surface area contributed by atoms with Crippen LogP contribution in [-0.2, 0) is 0 Å². The van der Waals surface area contributed by atoms with Crippen LogP contribution in [0.25, 0.3) is 49.4 Å². The normalized spacial score (nSPS) is 11.5. The standard InChI is InChI=1S/C28H18ClN/c29-26-15-14-22(18-24(26)19-8-2-1-3-9-19)30-27-13-7-6-12-23(27)25-16-20-10-4-5-11-21(20)17-28(25)30/h1-18H. The van der Waals surface area contributed by atoms with Crippen LogP contribution in [-0.4, -0.2) is 4.57 Å². The van der Waals surface area contributed by atoms with E-state index in [9.17, 15) is 0 Å². The van der Waals surface area contributed by atoms with Crippen LogP contribution in [0.15, 0.2) is 109 Å². The first-order chi connectivity index (χ1) is 14.8. The lowest BCUT2D eigenvalue weighted by atomic mass is 10.0. The molecule has 0 aliphatic carbocycles. The number of halogens is 1. The summed E-state index contributed by atoms with van der Waals surface area (Å²) in [5, 5.41) is 5.78. The summed E-state index contributed by atoms with van der Waals surface area (Å²) in [6.45, 7) is 0. The molecule has 0 amide bonds. The number of hydrogen-bond acceptors (Lipinski definition) is 0. The number of aromatic nitrogens is 1. The van der Waals surface area contributed by atoms with Gasteiger partial charge in [-0.2, -0.15) is 0 Å². The fourth-order valence-corrected chi connectivity index (χ4v) is 4.65. The van der Waals surface area contributed by atoms with E-state index in [4.69, 9.17) is 11.6 Å². The summed E-state index contributed by atoms with van der Waals surface area (Å²) < 4.78 is 2.35. The van der Waals surface area contributed by atoms with Crippen LogP contribution in [0.1, 0.15) is 0 Å². The maximum Gasteiger partial charge on any atom is 0.0547 e. The molecule has 0 aliphatic heterocycles. The van der Waals surface area contributed by atoms with E-state index in [2.05, 4.69) is 89.5 Å². The Morgan fingerprint density at radius 2 is 1.23 bits per heavy atom. The summed E-state index contributed by atoms with van der Waals surface area (Å²) in [7, 11) is 0. The van der Waals surface area contributed by atoms with Crippen molar-refractivity contribution in [2.45, 2.75) is 0 Å². The van der Waals surface area contributed by atoms with E-state index in [-0.39, 0.29) is 0 Å². The van der Waals surface area contributed by atoms with Crippen molar-refractivity contribution in [1.29, 1.82) is 0 Å². The summed E-state index contributed by atoms with van der Waals surface area (Å²) in [6, 6.07) is 38.4. The van der Waals surface area contributed by atoms with Gasteiger partial charge < -0.3 is 4.57 Å². The topological polar surface area (TPSA) is 4.93 Å². The largest absolute Gasteiger partial charge is 0.309 e. The van der Waals surface area contributed by atoms with E-state index >= 15 is 0 Å². The summed E-state index contributed by atoms with van der Waals surface area (Å²) >= 11 is 6.60. The van der Waals surface area contributed by atoms with Crippen molar-refractivity contribution in [2.75, 3.05) is 0 Å². The van der Waals surface area contributed by atoms with E-state index in [1.807, 2.05) is 24.3 Å². The third kappa shape index (κ3) is 2.63. The number of para-hydroxylation sites is 1. The quantitative estimate of drug-likeness (QED) is 0.274. The molecular weight excluding hydrogens is 386 g/mol. The second-order valence-electron chi connectivity index (χ2n) is 7.60. The molecule has 0 saturated carbocycles. The third-order valence-corrected chi connectivity index (χ3v) is 6.16. The predicted molar refractivity (Wildman–Crippen MR) is 129 cm³/mol. The Morgan fingerprint density at radius 1 is 0.533 bits per heavy atom. The average molecular weight is 404 g/mol. The Balaban J connectivity index is 1.71. The molecule has 0 bridgehead atoms. The van der Waals surface area contributed by atoms with Crippen molar-refractivity contribution < 1.29 is 0 Å². The van der Waals surface area contributed by atoms with Crippen LogP contribution in [0, 0.1) is 0 Å². The molecule has 142 valence electrons. The molecule has 0 unspecified atom stereocenters. The molecule has 1 heterocycles. The van der Waals surface area contributed by atoms with Crippen molar-refractivity contribution in [2.24, 2.45) is 0 Å². The smallest absolute Gasteiger partial charge is 0.0547 e. The van der Waals surface area contributed by atoms with Gasteiger partial charge in [0, 0.05) is 27.0 Å². The van der Waals surface area contributed by atoms with E-state index in [1.165, 1.54) is 32.6 Å². The van der Waals surface area contributed by atoms with Gasteiger partial charge in [0.05, 0.1) is 11.0 Å². The maximum atomic E-state index is 6.60. The van der Waals surface area contributed by atoms with Crippen LogP contribution < -0.4 is 0 Å². The third-order valence-electron chi connectivity index (χ3n) is 5.83. The average Bonchev–Trinajstić information content (AvgIpc) is 3.12. The molecular formula is C28H18ClN. The Bertz CT molecular complexity index is 1540. The molecule has 6 rings (SSSR count). The Hall–Kier alpha value is -3.55. The fourth-order valence-electron chi connectivity index (χ4n) is 4.42. The monoisotopic (exact) mass is 403 g/mol. The Kier molecular flexibility index (Phi) is 3.90. The molecule has 30 heavy (non-hydrogen) atoms. The van der Waals surface area contributed by atoms with Crippen molar-refractivity contribution >= 4 is 44.2 Å². The molecule has 1 nitrogen and oxygen atoms in total. The number of benzene rings is 5. The number of rotatable bonds is 2. The van der Waals surface area contributed by atoms with Crippen LogP contribution in [0.4, 0.5) is 0 Å². The second-order valence-corrected chi connectivity index (χ2v) is 8.01. The van der Waals surface area contributed by atoms with Gasteiger partial charge in [0.25, 0.3) is 0 Å². The van der Waals surface area contributed by atoms with Crippen LogP contribution >= 0.6 is 11.6 Å². The van der Waals surface area contributed by atoms with Crippen molar-refractivity contribution in [3.05, 3.63) is 114 Å². The highest BCUT2D eigenvalue weighted by Crippen LogP contribution is 2.37. The Labute approximate surface area is 179 Å². The SMILES string of the molecule is Clc1ccc(-n2c3ccccc3c3cc4ccccc4cc32)cc1-c1ccccc1. The number of nitrogens with zero attached hydrogens (tertiary/aromatic N) is 1. The summed E-state index contributed by atoms with van der Waals surface area (Å²) in [5.74, 6) is 0. The lowest BCUT2D eigenvalue weighted by Gasteiger charge is -2.12. The lowest BCUT2D eigenvalue weighted by molar-refractivity contribution is 1.18. The summed E-state index contributed by atoms with van der Waals surface area (Å²) in [5.41, 5.74) is 5.68. The minimum atomic E-state index is 0.760. The zero-order valence-corrected chi connectivity index (χ0v) is 17.0. The lowest BCUT2D eigenvalue weighted by Crippen LogP contribution is -1.95. The predicted octanol–water partition coefficient (Wildman–Crippen LogP) is 8.26. The van der Waals surface area contributed by atoms with Gasteiger partial charge in [-0.3, -0.25) is 0 Å². The van der Waals surface area contributed by atoms with Gasteiger partial charge >= 0.3 is 0 Å². The zero-order valence-electron chi connectivity index (χ0n) is 16.2. The summed E-state index contributed by atoms with van der Waals surface area (Å²) in [6.07, 6.45) is 0. The molecule has 0 aliphatic rings. The number of hydrogen-bond donors (Lipinski definition) is 0. The van der Waals surface area contributed by atoms with Gasteiger partial charge in [-0.15, -0.1) is 0 Å². The number of fused-ring (bicyclic) bond motifs is 4. The first-order valence-corrected chi connectivity index (χ1v) is 10.4. The zero-order chi connectivity index (χ0) is 20.1. The van der Waals surface area contributed by atoms with E-state index < -0.39 is 0 Å². The fraction of sp³-hybridized carbons (Fsp3) is 0. The molecule has 0 radical (unpaired) electrons. The van der Waals surface area contributed by atoms with E-state index in [1.54, 1.807) is 0 Å². The van der Waals surface area contributed by atoms with Gasteiger partial charge in [-0.1, -0.05) is 84.4 Å². The molecule has 0 fully saturated rings. The maximum absolute atomic E-state index is 6.60. The van der Waals surface area contributed by atoms with Crippen LogP contribution in [0.5, 0.6) is 0 Å². The molecule has 5 aromatic carbocycles. The molecule has 0 saturated heterocycles. The highest BCUT2D eigenvalue weighted by molar-refractivity contribution is 6.33. The van der Waals surface area contributed by atoms with Crippen molar-refractivity contribution in [3.63, 3.8) is 0 Å². The van der Waals surface area contributed by atoms with Gasteiger partial charge in [0.15, 0.2) is 0 Å². The molecule has 1 aromatic heterocycles. The van der Waals surface area contributed by atoms with E-state index in [0.29, 0.717) is 0 Å². The minimum Gasteiger partial charge on any atom is -0.309 e. The molecule has 0 N–H and O–H groups in total. The highest BCUT2D eigenvalue weighted by atomic mass is 35.5. The van der Waals surface area contributed by atoms with Crippen LogP contribution in [0.3, 0.4) is 0 Å². The molecule has 6 aromatic rings. The van der Waals surface area contributed by atoms with Gasteiger partial charge in [0.1, 0.15) is 0 Å². The second kappa shape index (κ2) is 6.76.